The first-order valence-corrected chi connectivity index (χ1v) is 18.9. The highest BCUT2D eigenvalue weighted by Gasteiger charge is 2.84. The Hall–Kier alpha value is -1.36. The third-order valence-electron chi connectivity index (χ3n) is 16.3. The summed E-state index contributed by atoms with van der Waals surface area (Å²) in [6.45, 7) is 17.1. The van der Waals surface area contributed by atoms with Gasteiger partial charge in [-0.25, -0.2) is 9.97 Å². The quantitative estimate of drug-likeness (QED) is 0.450. The van der Waals surface area contributed by atoms with Gasteiger partial charge >= 0.3 is 6.01 Å². The number of nitrogens with zero attached hydrogens (tertiary/aromatic N) is 3. The highest BCUT2D eigenvalue weighted by atomic mass is 16.7. The van der Waals surface area contributed by atoms with Crippen LogP contribution >= 0.6 is 0 Å². The molecular formula is C38H57N3O6. The van der Waals surface area contributed by atoms with Gasteiger partial charge in [-0.1, -0.05) is 34.6 Å². The molecule has 3 saturated heterocycles. The van der Waals surface area contributed by atoms with Crippen molar-refractivity contribution in [1.29, 1.82) is 0 Å². The van der Waals surface area contributed by atoms with E-state index in [1.165, 1.54) is 38.5 Å². The number of hydrogen-bond acceptors (Lipinski definition) is 9. The van der Waals surface area contributed by atoms with Crippen LogP contribution in [0.4, 0.5) is 0 Å². The lowest BCUT2D eigenvalue weighted by molar-refractivity contribution is -0.256. The van der Waals surface area contributed by atoms with Gasteiger partial charge < -0.3 is 28.8 Å². The minimum absolute atomic E-state index is 0.0584. The van der Waals surface area contributed by atoms with Gasteiger partial charge in [-0.2, -0.15) is 0 Å². The van der Waals surface area contributed by atoms with Crippen molar-refractivity contribution in [2.45, 2.75) is 123 Å². The molecule has 1 N–H and O–H groups in total. The summed E-state index contributed by atoms with van der Waals surface area (Å²) in [7, 11) is 0. The maximum Gasteiger partial charge on any atom is 0.316 e. The van der Waals surface area contributed by atoms with Gasteiger partial charge in [-0.15, -0.1) is 0 Å². The third-order valence-corrected chi connectivity index (χ3v) is 16.3. The van der Waals surface area contributed by atoms with E-state index in [0.29, 0.717) is 53.2 Å². The lowest BCUT2D eigenvalue weighted by atomic mass is 9.41. The third kappa shape index (κ3) is 4.28. The first-order valence-electron chi connectivity index (χ1n) is 18.9. The van der Waals surface area contributed by atoms with E-state index in [0.717, 1.165) is 45.8 Å². The summed E-state index contributed by atoms with van der Waals surface area (Å²) in [5, 5.41) is 12.5. The van der Waals surface area contributed by atoms with Gasteiger partial charge in [-0.3, -0.25) is 4.90 Å². The molecule has 0 radical (unpaired) electrons. The summed E-state index contributed by atoms with van der Waals surface area (Å²) in [6.07, 6.45) is 12.4. The van der Waals surface area contributed by atoms with E-state index in [4.69, 9.17) is 23.7 Å². The fourth-order valence-corrected chi connectivity index (χ4v) is 13.9. The topological polar surface area (TPSA) is 95.4 Å². The first kappa shape index (κ1) is 31.6. The lowest BCUT2D eigenvalue weighted by Crippen LogP contribution is -2.60. The Morgan fingerprint density at radius 3 is 2.53 bits per heavy atom. The molecule has 8 fully saturated rings. The standard InChI is InChI=1S/C38H57N3O6/c1-23-17-25(21-45-33-39-13-6-14-40-33)46-31-30(23)35(4)11-12-38-22-37(38)10-9-28(47-29-18-41(15-16-44-29)24-19-43-20-24)34(2,3)26(37)7-8-27(38)36(35,5)32(31)42/h6,13-14,23-32,42H,7-12,15-22H2,1-5H3/t23-,25?,26+,27?,28+,29+,30?,31?,32+,35-,36-,37-,38+/m1/s1. The molecule has 5 saturated carbocycles. The smallest absolute Gasteiger partial charge is 0.316 e. The fraction of sp³-hybridized carbons (Fsp3) is 0.895. The van der Waals surface area contributed by atoms with E-state index < -0.39 is 6.10 Å². The van der Waals surface area contributed by atoms with Gasteiger partial charge in [0.1, 0.15) is 6.61 Å². The Balaban J connectivity index is 0.928. The monoisotopic (exact) mass is 651 g/mol. The minimum Gasteiger partial charge on any atom is -0.461 e. The molecule has 13 atom stereocenters. The van der Waals surface area contributed by atoms with Crippen LogP contribution in [-0.4, -0.2) is 96.2 Å². The van der Waals surface area contributed by atoms with Crippen LogP contribution in [0.25, 0.3) is 0 Å². The number of aliphatic hydroxyl groups excluding tert-OH is 1. The van der Waals surface area contributed by atoms with Crippen LogP contribution in [-0.2, 0) is 18.9 Å². The molecule has 9 nitrogen and oxygen atoms in total. The molecule has 2 spiro atoms. The SMILES string of the molecule is C[C@@H]1CC(COc2ncccn2)OC2C1[C@@]1(C)CC[C@@]34C[C@@]35CC[C@H](O[C@H]3CN(C6COC6)CCO3)C(C)(C)[C@@H]5CCC4[C@]1(C)[C@H]2O. The zero-order valence-electron chi connectivity index (χ0n) is 29.2. The maximum atomic E-state index is 12.5. The normalized spacial score (nSPS) is 51.8. The Bertz CT molecular complexity index is 1350. The van der Waals surface area contributed by atoms with E-state index in [9.17, 15) is 5.11 Å². The van der Waals surface area contributed by atoms with Crippen LogP contribution in [0.3, 0.4) is 0 Å². The molecule has 0 bridgehead atoms. The summed E-state index contributed by atoms with van der Waals surface area (Å²) in [4.78, 5) is 11.0. The highest BCUT2D eigenvalue weighted by Crippen LogP contribution is 2.89. The number of morpholine rings is 1. The molecule has 47 heavy (non-hydrogen) atoms. The molecule has 260 valence electrons. The van der Waals surface area contributed by atoms with Gasteiger partial charge in [0.15, 0.2) is 6.29 Å². The zero-order valence-corrected chi connectivity index (χ0v) is 29.2. The second kappa shape index (κ2) is 10.8. The molecule has 8 aliphatic rings. The average molecular weight is 652 g/mol. The van der Waals surface area contributed by atoms with Crippen molar-refractivity contribution in [2.75, 3.05) is 39.5 Å². The Kier molecular flexibility index (Phi) is 7.28. The number of rotatable bonds is 6. The second-order valence-electron chi connectivity index (χ2n) is 18.1. The van der Waals surface area contributed by atoms with Crippen LogP contribution in [0.1, 0.15) is 86.0 Å². The van der Waals surface area contributed by atoms with Crippen molar-refractivity contribution in [2.24, 2.45) is 50.7 Å². The van der Waals surface area contributed by atoms with Crippen molar-refractivity contribution in [3.63, 3.8) is 0 Å². The van der Waals surface area contributed by atoms with Crippen molar-refractivity contribution >= 4 is 0 Å². The number of ether oxygens (including phenoxy) is 5. The van der Waals surface area contributed by atoms with Crippen molar-refractivity contribution in [1.82, 2.24) is 14.9 Å². The van der Waals surface area contributed by atoms with Gasteiger partial charge in [0, 0.05) is 24.4 Å². The van der Waals surface area contributed by atoms with E-state index in [1.807, 2.05) is 0 Å². The molecule has 1 aromatic heterocycles. The number of aromatic nitrogens is 2. The summed E-state index contributed by atoms with van der Waals surface area (Å²) >= 11 is 0. The molecule has 3 aliphatic heterocycles. The van der Waals surface area contributed by atoms with Crippen LogP contribution < -0.4 is 4.74 Å². The molecule has 4 unspecified atom stereocenters. The lowest BCUT2D eigenvalue weighted by Gasteiger charge is -2.64. The van der Waals surface area contributed by atoms with E-state index in [2.05, 4.69) is 49.5 Å². The second-order valence-corrected chi connectivity index (χ2v) is 18.1. The summed E-state index contributed by atoms with van der Waals surface area (Å²) in [5.74, 6) is 2.00. The van der Waals surface area contributed by atoms with Gasteiger partial charge in [-0.05, 0) is 103 Å². The summed E-state index contributed by atoms with van der Waals surface area (Å²) < 4.78 is 31.4. The number of fused-ring (bicyclic) bond motifs is 4. The predicted octanol–water partition coefficient (Wildman–Crippen LogP) is 5.11. The number of aliphatic hydroxyl groups is 1. The van der Waals surface area contributed by atoms with E-state index >= 15 is 0 Å². The van der Waals surface area contributed by atoms with Crippen LogP contribution in [0, 0.1) is 50.7 Å². The van der Waals surface area contributed by atoms with Gasteiger partial charge in [0.05, 0.1) is 56.8 Å². The van der Waals surface area contributed by atoms with Crippen LogP contribution in [0.5, 0.6) is 6.01 Å². The molecule has 0 aromatic carbocycles. The Labute approximate surface area is 280 Å². The minimum atomic E-state index is -0.466. The molecule has 5 aliphatic carbocycles. The molecular weight excluding hydrogens is 594 g/mol. The van der Waals surface area contributed by atoms with E-state index in [-0.39, 0.29) is 40.8 Å². The van der Waals surface area contributed by atoms with Crippen molar-refractivity contribution < 1.29 is 28.8 Å². The average Bonchev–Trinajstić information content (AvgIpc) is 3.66. The maximum absolute atomic E-state index is 12.5. The molecule has 4 heterocycles. The van der Waals surface area contributed by atoms with Crippen molar-refractivity contribution in [3.05, 3.63) is 18.5 Å². The molecule has 9 rings (SSSR count). The van der Waals surface area contributed by atoms with E-state index in [1.54, 1.807) is 18.5 Å². The highest BCUT2D eigenvalue weighted by molar-refractivity contribution is 5.32. The van der Waals surface area contributed by atoms with Gasteiger partial charge in [0.2, 0.25) is 0 Å². The van der Waals surface area contributed by atoms with Gasteiger partial charge in [0.25, 0.3) is 0 Å². The predicted molar refractivity (Wildman–Crippen MR) is 174 cm³/mol. The zero-order chi connectivity index (χ0) is 32.4. The summed E-state index contributed by atoms with van der Waals surface area (Å²) in [5.41, 5.74) is 0.694. The molecule has 1 aromatic rings. The Morgan fingerprint density at radius 1 is 1.00 bits per heavy atom. The van der Waals surface area contributed by atoms with Crippen LogP contribution in [0.15, 0.2) is 18.5 Å². The molecule has 9 heteroatoms. The van der Waals surface area contributed by atoms with Crippen molar-refractivity contribution in [3.8, 4) is 6.01 Å². The largest absolute Gasteiger partial charge is 0.461 e. The number of hydrogen-bond donors (Lipinski definition) is 1. The van der Waals surface area contributed by atoms with Crippen LogP contribution in [0.2, 0.25) is 0 Å². The first-order chi connectivity index (χ1) is 22.5. The fourth-order valence-electron chi connectivity index (χ4n) is 13.9. The summed E-state index contributed by atoms with van der Waals surface area (Å²) in [6, 6.07) is 2.72. The Morgan fingerprint density at radius 2 is 1.77 bits per heavy atom. The molecule has 0 amide bonds.